The highest BCUT2D eigenvalue weighted by atomic mass is 32.2. The van der Waals surface area contributed by atoms with E-state index in [1.54, 1.807) is 0 Å². The first kappa shape index (κ1) is 15.9. The van der Waals surface area contributed by atoms with Crippen LogP contribution < -0.4 is 5.32 Å². The maximum Gasteiger partial charge on any atom is 0.307 e. The van der Waals surface area contributed by atoms with Gasteiger partial charge in [-0.2, -0.15) is 0 Å². The number of amides is 1. The van der Waals surface area contributed by atoms with Gasteiger partial charge < -0.3 is 10.4 Å². The number of carboxylic acid groups (broad SMARTS) is 1. The zero-order valence-corrected chi connectivity index (χ0v) is 11.5. The lowest BCUT2D eigenvalue weighted by Crippen LogP contribution is -2.30. The Labute approximate surface area is 117 Å². The molecule has 1 aromatic rings. The van der Waals surface area contributed by atoms with Gasteiger partial charge in [0.05, 0.1) is 11.3 Å². The van der Waals surface area contributed by atoms with Crippen LogP contribution in [0.25, 0.3) is 0 Å². The van der Waals surface area contributed by atoms with Crippen molar-refractivity contribution in [2.45, 2.75) is 11.3 Å². The van der Waals surface area contributed by atoms with Crippen molar-refractivity contribution in [1.82, 2.24) is 5.32 Å². The summed E-state index contributed by atoms with van der Waals surface area (Å²) < 4.78 is 23.9. The number of carbonyl (C=O) groups excluding carboxylic acids is 1. The van der Waals surface area contributed by atoms with Gasteiger partial charge in [0.2, 0.25) is 5.91 Å². The van der Waals surface area contributed by atoms with Crippen LogP contribution in [0.5, 0.6) is 0 Å². The number of aliphatic carboxylic acids is 1. The standard InChI is InChI=1S/C13H15NO5S/c1-2-7-14-12(15)9-20(18,19)11-5-3-10(4-6-11)8-13(16)17/h2-6H,1,7-9H2,(H,14,15)(H,16,17). The van der Waals surface area contributed by atoms with Gasteiger partial charge >= 0.3 is 5.97 Å². The van der Waals surface area contributed by atoms with Crippen LogP contribution in [0.3, 0.4) is 0 Å². The Balaban J connectivity index is 2.79. The quantitative estimate of drug-likeness (QED) is 0.709. The highest BCUT2D eigenvalue weighted by molar-refractivity contribution is 7.92. The highest BCUT2D eigenvalue weighted by Crippen LogP contribution is 2.13. The fourth-order valence-electron chi connectivity index (χ4n) is 1.48. The third-order valence-corrected chi connectivity index (χ3v) is 4.04. The summed E-state index contributed by atoms with van der Waals surface area (Å²) in [6.45, 7) is 3.61. The lowest BCUT2D eigenvalue weighted by atomic mass is 10.2. The molecule has 0 atom stereocenters. The van der Waals surface area contributed by atoms with Crippen molar-refractivity contribution >= 4 is 21.7 Å². The minimum absolute atomic E-state index is 0.0135. The minimum Gasteiger partial charge on any atom is -0.481 e. The molecule has 1 rings (SSSR count). The van der Waals surface area contributed by atoms with E-state index < -0.39 is 27.5 Å². The minimum atomic E-state index is -3.73. The summed E-state index contributed by atoms with van der Waals surface area (Å²) in [4.78, 5) is 21.9. The molecule has 0 aromatic heterocycles. The Bertz CT molecular complexity index is 604. The van der Waals surface area contributed by atoms with E-state index in [-0.39, 0.29) is 17.9 Å². The van der Waals surface area contributed by atoms with Crippen LogP contribution in [-0.2, 0) is 25.8 Å². The van der Waals surface area contributed by atoms with Gasteiger partial charge in [0.15, 0.2) is 9.84 Å². The molecule has 0 fully saturated rings. The number of carboxylic acids is 1. The zero-order valence-electron chi connectivity index (χ0n) is 10.7. The van der Waals surface area contributed by atoms with E-state index >= 15 is 0 Å². The molecule has 0 radical (unpaired) electrons. The zero-order chi connectivity index (χ0) is 15.2. The van der Waals surface area contributed by atoms with E-state index in [0.717, 1.165) is 0 Å². The average molecular weight is 297 g/mol. The highest BCUT2D eigenvalue weighted by Gasteiger charge is 2.18. The summed E-state index contributed by atoms with van der Waals surface area (Å²) in [5, 5.41) is 11.0. The van der Waals surface area contributed by atoms with E-state index in [4.69, 9.17) is 5.11 Å². The van der Waals surface area contributed by atoms with Gasteiger partial charge in [-0.25, -0.2) is 8.42 Å². The molecule has 0 aliphatic rings. The second kappa shape index (κ2) is 6.85. The monoisotopic (exact) mass is 297 g/mol. The van der Waals surface area contributed by atoms with Crippen LogP contribution in [0.1, 0.15) is 5.56 Å². The third-order valence-electron chi connectivity index (χ3n) is 2.40. The van der Waals surface area contributed by atoms with Crippen molar-refractivity contribution in [3.8, 4) is 0 Å². The predicted molar refractivity (Wildman–Crippen MR) is 73.0 cm³/mol. The summed E-state index contributed by atoms with van der Waals surface area (Å²) in [7, 11) is -3.73. The largest absolute Gasteiger partial charge is 0.481 e. The van der Waals surface area contributed by atoms with Crippen molar-refractivity contribution in [1.29, 1.82) is 0 Å². The van der Waals surface area contributed by atoms with E-state index in [1.165, 1.54) is 30.3 Å². The summed E-state index contributed by atoms with van der Waals surface area (Å²) in [5.74, 6) is -2.26. The van der Waals surface area contributed by atoms with Crippen molar-refractivity contribution in [3.63, 3.8) is 0 Å². The molecule has 0 aliphatic heterocycles. The molecule has 7 heteroatoms. The molecule has 0 saturated carbocycles. The molecule has 20 heavy (non-hydrogen) atoms. The van der Waals surface area contributed by atoms with Gasteiger partial charge in [0.1, 0.15) is 5.75 Å². The van der Waals surface area contributed by atoms with Gasteiger partial charge in [-0.1, -0.05) is 18.2 Å². The molecule has 0 spiro atoms. The molecule has 2 N–H and O–H groups in total. The summed E-state index contributed by atoms with van der Waals surface area (Å²) in [6, 6.07) is 5.44. The Morgan fingerprint density at radius 3 is 2.35 bits per heavy atom. The second-order valence-electron chi connectivity index (χ2n) is 4.07. The smallest absolute Gasteiger partial charge is 0.307 e. The molecule has 0 bridgehead atoms. The molecule has 1 amide bonds. The van der Waals surface area contributed by atoms with Crippen LogP contribution >= 0.6 is 0 Å². The Kier molecular flexibility index (Phi) is 5.45. The lowest BCUT2D eigenvalue weighted by Gasteiger charge is -2.05. The Morgan fingerprint density at radius 1 is 1.25 bits per heavy atom. The molecular weight excluding hydrogens is 282 g/mol. The normalized spacial score (nSPS) is 10.8. The number of sulfone groups is 1. The molecule has 0 unspecified atom stereocenters. The van der Waals surface area contributed by atoms with Gasteiger partial charge in [-0.15, -0.1) is 6.58 Å². The predicted octanol–water partition coefficient (Wildman–Crippen LogP) is 0.390. The van der Waals surface area contributed by atoms with Gasteiger partial charge in [-0.3, -0.25) is 9.59 Å². The molecule has 0 heterocycles. The fraction of sp³-hybridized carbons (Fsp3) is 0.231. The lowest BCUT2D eigenvalue weighted by molar-refractivity contribution is -0.136. The van der Waals surface area contributed by atoms with Crippen LogP contribution in [0, 0.1) is 0 Å². The number of rotatable bonds is 7. The van der Waals surface area contributed by atoms with E-state index in [2.05, 4.69) is 11.9 Å². The number of benzene rings is 1. The summed E-state index contributed by atoms with van der Waals surface area (Å²) >= 11 is 0. The number of hydrogen-bond donors (Lipinski definition) is 2. The Morgan fingerprint density at radius 2 is 1.85 bits per heavy atom. The molecule has 0 aliphatic carbocycles. The SMILES string of the molecule is C=CCNC(=O)CS(=O)(=O)c1ccc(CC(=O)O)cc1. The molecule has 108 valence electrons. The third kappa shape index (κ3) is 4.85. The van der Waals surface area contributed by atoms with Crippen molar-refractivity contribution < 1.29 is 23.1 Å². The topological polar surface area (TPSA) is 101 Å². The summed E-state index contributed by atoms with van der Waals surface area (Å²) in [5.41, 5.74) is 0.493. The van der Waals surface area contributed by atoms with Crippen LogP contribution in [0.15, 0.2) is 41.8 Å². The Hall–Kier alpha value is -2.15. The van der Waals surface area contributed by atoms with Crippen molar-refractivity contribution in [2.24, 2.45) is 0 Å². The molecule has 0 saturated heterocycles. The second-order valence-corrected chi connectivity index (χ2v) is 6.06. The van der Waals surface area contributed by atoms with E-state index in [0.29, 0.717) is 5.56 Å². The van der Waals surface area contributed by atoms with Crippen LogP contribution in [0.2, 0.25) is 0 Å². The number of hydrogen-bond acceptors (Lipinski definition) is 4. The van der Waals surface area contributed by atoms with E-state index in [1.807, 2.05) is 0 Å². The van der Waals surface area contributed by atoms with Crippen molar-refractivity contribution in [3.05, 3.63) is 42.5 Å². The molecule has 6 nitrogen and oxygen atoms in total. The first-order valence-electron chi connectivity index (χ1n) is 5.76. The molecular formula is C13H15NO5S. The average Bonchev–Trinajstić information content (AvgIpc) is 2.35. The van der Waals surface area contributed by atoms with Gasteiger partial charge in [0.25, 0.3) is 0 Å². The molecule has 1 aromatic carbocycles. The fourth-order valence-corrected chi connectivity index (χ4v) is 2.65. The maximum atomic E-state index is 11.9. The summed E-state index contributed by atoms with van der Waals surface area (Å²) in [6.07, 6.45) is 1.27. The van der Waals surface area contributed by atoms with Gasteiger partial charge in [0, 0.05) is 6.54 Å². The number of nitrogens with one attached hydrogen (secondary N) is 1. The first-order chi connectivity index (χ1) is 9.35. The van der Waals surface area contributed by atoms with Crippen LogP contribution in [0.4, 0.5) is 0 Å². The maximum absolute atomic E-state index is 11.9. The van der Waals surface area contributed by atoms with Crippen LogP contribution in [-0.4, -0.2) is 37.7 Å². The van der Waals surface area contributed by atoms with Crippen molar-refractivity contribution in [2.75, 3.05) is 12.3 Å². The van der Waals surface area contributed by atoms with Gasteiger partial charge in [-0.05, 0) is 17.7 Å². The number of carbonyl (C=O) groups is 2. The first-order valence-corrected chi connectivity index (χ1v) is 7.41. The van der Waals surface area contributed by atoms with E-state index in [9.17, 15) is 18.0 Å².